The van der Waals surface area contributed by atoms with E-state index in [-0.39, 0.29) is 6.10 Å². The summed E-state index contributed by atoms with van der Waals surface area (Å²) in [4.78, 5) is 0. The van der Waals surface area contributed by atoms with Gasteiger partial charge < -0.3 is 9.52 Å². The van der Waals surface area contributed by atoms with Gasteiger partial charge in [0, 0.05) is 0 Å². The number of hydrogen-bond acceptors (Lipinski definition) is 2. The molecule has 1 heterocycles. The Morgan fingerprint density at radius 3 is 2.56 bits per heavy atom. The van der Waals surface area contributed by atoms with Gasteiger partial charge in [0.25, 0.3) is 0 Å². The summed E-state index contributed by atoms with van der Waals surface area (Å²) < 4.78 is 5.43. The van der Waals surface area contributed by atoms with Gasteiger partial charge in [0.2, 0.25) is 0 Å². The molecule has 0 spiro atoms. The molecule has 4 fully saturated rings. The van der Waals surface area contributed by atoms with E-state index in [0.29, 0.717) is 16.7 Å². The Bertz CT molecular complexity index is 622. The minimum absolute atomic E-state index is 0.0274. The molecule has 2 nitrogen and oxygen atoms in total. The monoisotopic (exact) mass is 342 g/mol. The number of furan rings is 1. The van der Waals surface area contributed by atoms with E-state index >= 15 is 0 Å². The Morgan fingerprint density at radius 2 is 1.76 bits per heavy atom. The molecule has 4 aliphatic carbocycles. The topological polar surface area (TPSA) is 33.4 Å². The van der Waals surface area contributed by atoms with Gasteiger partial charge in [-0.2, -0.15) is 0 Å². The molecule has 2 heteroatoms. The van der Waals surface area contributed by atoms with Crippen LogP contribution in [0.3, 0.4) is 0 Å². The maximum atomic E-state index is 10.2. The minimum Gasteiger partial charge on any atom is -0.472 e. The van der Waals surface area contributed by atoms with E-state index in [1.165, 1.54) is 50.5 Å². The molecule has 0 aromatic carbocycles. The van der Waals surface area contributed by atoms with Crippen LogP contribution in [0.2, 0.25) is 0 Å². The Hall–Kier alpha value is -0.760. The van der Waals surface area contributed by atoms with Gasteiger partial charge in [0.1, 0.15) is 0 Å². The molecule has 1 N–H and O–H groups in total. The van der Waals surface area contributed by atoms with Crippen molar-refractivity contribution in [3.8, 4) is 0 Å². The SMILES string of the molecule is C[C@]12CC[C@H]3[C@@H](CCC4C[C@@H](O)CC[C@@]43C)[C@@H]1CC[C@@H]2c1ccoc1. The van der Waals surface area contributed by atoms with E-state index in [1.807, 2.05) is 12.5 Å². The van der Waals surface area contributed by atoms with Gasteiger partial charge in [-0.3, -0.25) is 0 Å². The highest BCUT2D eigenvalue weighted by molar-refractivity contribution is 5.22. The van der Waals surface area contributed by atoms with Crippen molar-refractivity contribution in [3.63, 3.8) is 0 Å². The van der Waals surface area contributed by atoms with E-state index in [1.54, 1.807) is 0 Å². The first-order chi connectivity index (χ1) is 12.0. The van der Waals surface area contributed by atoms with Gasteiger partial charge in [-0.05, 0) is 110 Å². The van der Waals surface area contributed by atoms with E-state index in [9.17, 15) is 5.11 Å². The van der Waals surface area contributed by atoms with E-state index in [0.717, 1.165) is 36.5 Å². The Morgan fingerprint density at radius 1 is 0.960 bits per heavy atom. The minimum atomic E-state index is -0.0274. The molecule has 4 saturated carbocycles. The second kappa shape index (κ2) is 5.62. The fourth-order valence-electron chi connectivity index (χ4n) is 8.26. The molecule has 1 aromatic rings. The van der Waals surface area contributed by atoms with Crippen LogP contribution in [0.15, 0.2) is 23.0 Å². The van der Waals surface area contributed by atoms with Crippen LogP contribution in [0.25, 0.3) is 0 Å². The highest BCUT2D eigenvalue weighted by Gasteiger charge is 2.60. The largest absolute Gasteiger partial charge is 0.472 e. The number of hydrogen-bond donors (Lipinski definition) is 1. The van der Waals surface area contributed by atoms with Gasteiger partial charge >= 0.3 is 0 Å². The summed E-state index contributed by atoms with van der Waals surface area (Å²) >= 11 is 0. The molecule has 4 aliphatic rings. The average Bonchev–Trinajstić information content (AvgIpc) is 3.22. The zero-order valence-corrected chi connectivity index (χ0v) is 15.9. The molecular formula is C23H34O2. The highest BCUT2D eigenvalue weighted by Crippen LogP contribution is 2.68. The number of rotatable bonds is 1. The lowest BCUT2D eigenvalue weighted by atomic mass is 9.44. The lowest BCUT2D eigenvalue weighted by Crippen LogP contribution is -2.53. The van der Waals surface area contributed by atoms with Crippen molar-refractivity contribution in [2.24, 2.45) is 34.5 Å². The van der Waals surface area contributed by atoms with Crippen LogP contribution in [0.4, 0.5) is 0 Å². The Labute approximate surface area is 152 Å². The van der Waals surface area contributed by atoms with Gasteiger partial charge in [-0.25, -0.2) is 0 Å². The Kier molecular flexibility index (Phi) is 3.69. The molecule has 5 rings (SSSR count). The van der Waals surface area contributed by atoms with Gasteiger partial charge in [0.15, 0.2) is 0 Å². The number of aliphatic hydroxyl groups excluding tert-OH is 1. The number of aliphatic hydroxyl groups is 1. The van der Waals surface area contributed by atoms with Crippen LogP contribution < -0.4 is 0 Å². The summed E-state index contributed by atoms with van der Waals surface area (Å²) in [6.07, 6.45) is 15.5. The normalized spacial score (nSPS) is 52.3. The summed E-state index contributed by atoms with van der Waals surface area (Å²) in [6, 6.07) is 2.21. The van der Waals surface area contributed by atoms with Crippen LogP contribution in [-0.2, 0) is 0 Å². The molecule has 0 radical (unpaired) electrons. The average molecular weight is 343 g/mol. The summed E-state index contributed by atoms with van der Waals surface area (Å²) in [7, 11) is 0. The van der Waals surface area contributed by atoms with Crippen LogP contribution in [0, 0.1) is 34.5 Å². The first-order valence-electron chi connectivity index (χ1n) is 10.7. The fraction of sp³-hybridized carbons (Fsp3) is 0.826. The van der Waals surface area contributed by atoms with Crippen molar-refractivity contribution in [2.75, 3.05) is 0 Å². The van der Waals surface area contributed by atoms with Crippen LogP contribution in [0.1, 0.15) is 83.1 Å². The second-order valence-corrected chi connectivity index (χ2v) is 10.3. The summed E-state index contributed by atoms with van der Waals surface area (Å²) in [5.74, 6) is 4.20. The van der Waals surface area contributed by atoms with Gasteiger partial charge in [-0.15, -0.1) is 0 Å². The third-order valence-corrected chi connectivity index (χ3v) is 9.58. The quantitative estimate of drug-likeness (QED) is 0.703. The molecule has 0 aliphatic heterocycles. The lowest BCUT2D eigenvalue weighted by molar-refractivity contribution is -0.122. The third-order valence-electron chi connectivity index (χ3n) is 9.58. The van der Waals surface area contributed by atoms with Crippen molar-refractivity contribution in [2.45, 2.75) is 83.7 Å². The predicted molar refractivity (Wildman–Crippen MR) is 99.2 cm³/mol. The maximum Gasteiger partial charge on any atom is 0.0937 e. The molecule has 0 saturated heterocycles. The van der Waals surface area contributed by atoms with Crippen molar-refractivity contribution in [1.82, 2.24) is 0 Å². The lowest BCUT2D eigenvalue weighted by Gasteiger charge is -2.61. The molecule has 0 bridgehead atoms. The highest BCUT2D eigenvalue weighted by atomic mass is 16.3. The zero-order chi connectivity index (χ0) is 17.2. The van der Waals surface area contributed by atoms with Crippen LogP contribution in [0.5, 0.6) is 0 Å². The molecule has 25 heavy (non-hydrogen) atoms. The molecule has 0 amide bonds. The first-order valence-corrected chi connectivity index (χ1v) is 10.7. The van der Waals surface area contributed by atoms with Crippen LogP contribution >= 0.6 is 0 Å². The Balaban J connectivity index is 1.44. The third kappa shape index (κ3) is 2.25. The fourth-order valence-corrected chi connectivity index (χ4v) is 8.26. The predicted octanol–water partition coefficient (Wildman–Crippen LogP) is 5.77. The van der Waals surface area contributed by atoms with Crippen molar-refractivity contribution in [3.05, 3.63) is 24.2 Å². The smallest absolute Gasteiger partial charge is 0.0937 e. The van der Waals surface area contributed by atoms with Crippen LogP contribution in [-0.4, -0.2) is 11.2 Å². The summed E-state index contributed by atoms with van der Waals surface area (Å²) in [6.45, 7) is 5.18. The number of fused-ring (bicyclic) bond motifs is 5. The molecule has 8 atom stereocenters. The van der Waals surface area contributed by atoms with Crippen molar-refractivity contribution < 1.29 is 9.52 Å². The standard InChI is InChI=1S/C23H34O2/c1-22-10-7-17(24)13-16(22)3-4-18-20-6-5-19(15-9-12-25-14-15)23(20,2)11-8-21(18)22/h9,12,14,16-21,24H,3-8,10-11,13H2,1-2H3/t16?,17-,18-,19+,20-,21-,22-,23+/m0/s1. The summed E-state index contributed by atoms with van der Waals surface area (Å²) in [5.41, 5.74) is 2.42. The maximum absolute atomic E-state index is 10.2. The molecule has 1 aromatic heterocycles. The van der Waals surface area contributed by atoms with E-state index in [2.05, 4.69) is 19.9 Å². The van der Waals surface area contributed by atoms with E-state index in [4.69, 9.17) is 4.42 Å². The molecular weight excluding hydrogens is 308 g/mol. The molecule has 138 valence electrons. The summed E-state index contributed by atoms with van der Waals surface area (Å²) in [5, 5.41) is 10.2. The zero-order valence-electron chi connectivity index (χ0n) is 15.9. The van der Waals surface area contributed by atoms with E-state index < -0.39 is 0 Å². The van der Waals surface area contributed by atoms with Gasteiger partial charge in [-0.1, -0.05) is 13.8 Å². The molecule has 1 unspecified atom stereocenters. The first kappa shape index (κ1) is 16.4. The second-order valence-electron chi connectivity index (χ2n) is 10.3. The van der Waals surface area contributed by atoms with Crippen molar-refractivity contribution >= 4 is 0 Å². The van der Waals surface area contributed by atoms with Crippen molar-refractivity contribution in [1.29, 1.82) is 0 Å². The van der Waals surface area contributed by atoms with Gasteiger partial charge in [0.05, 0.1) is 18.6 Å².